The molecule has 29 heavy (non-hydrogen) atoms. The summed E-state index contributed by atoms with van der Waals surface area (Å²) in [5.74, 6) is 0.438. The Kier molecular flexibility index (Phi) is 5.71. The number of likely N-dealkylation sites (tertiary alicyclic amines) is 1. The molecule has 1 unspecified atom stereocenters. The lowest BCUT2D eigenvalue weighted by Gasteiger charge is -2.36. The van der Waals surface area contributed by atoms with Gasteiger partial charge in [-0.05, 0) is 56.0 Å². The van der Waals surface area contributed by atoms with E-state index in [1.54, 1.807) is 24.7 Å². The number of carbonyl (C=O) groups is 1. The van der Waals surface area contributed by atoms with Crippen LogP contribution in [0.3, 0.4) is 0 Å². The van der Waals surface area contributed by atoms with E-state index in [1.807, 2.05) is 42.3 Å². The molecule has 4 heterocycles. The molecule has 3 aromatic heterocycles. The van der Waals surface area contributed by atoms with Crippen molar-refractivity contribution in [1.82, 2.24) is 19.9 Å². The average Bonchev–Trinajstić information content (AvgIpc) is 2.77. The molecule has 1 amide bonds. The molecule has 4 rings (SSSR count). The Morgan fingerprint density at radius 2 is 2.07 bits per heavy atom. The van der Waals surface area contributed by atoms with Crippen molar-refractivity contribution in [2.45, 2.75) is 32.2 Å². The van der Waals surface area contributed by atoms with Crippen LogP contribution >= 0.6 is 11.6 Å². The van der Waals surface area contributed by atoms with Crippen molar-refractivity contribution in [1.29, 1.82) is 0 Å². The maximum absolute atomic E-state index is 13.2. The minimum Gasteiger partial charge on any atom is -0.338 e. The summed E-state index contributed by atoms with van der Waals surface area (Å²) in [5, 5.41) is 3.54. The number of hydrogen-bond acceptors (Lipinski definition) is 5. The first-order chi connectivity index (χ1) is 14.1. The molecule has 0 aliphatic carbocycles. The van der Waals surface area contributed by atoms with Crippen LogP contribution in [0.1, 0.15) is 46.9 Å². The molecule has 7 heteroatoms. The molecule has 0 bridgehead atoms. The van der Waals surface area contributed by atoms with Gasteiger partial charge in [-0.25, -0.2) is 4.98 Å². The lowest BCUT2D eigenvalue weighted by atomic mass is 9.95. The summed E-state index contributed by atoms with van der Waals surface area (Å²) in [5.41, 5.74) is 3.26. The van der Waals surface area contributed by atoms with Crippen LogP contribution in [0.5, 0.6) is 0 Å². The van der Waals surface area contributed by atoms with E-state index in [9.17, 15) is 4.79 Å². The van der Waals surface area contributed by atoms with E-state index in [1.165, 1.54) is 0 Å². The van der Waals surface area contributed by atoms with E-state index in [0.29, 0.717) is 22.9 Å². The predicted molar refractivity (Wildman–Crippen MR) is 113 cm³/mol. The van der Waals surface area contributed by atoms with Crippen LogP contribution in [0.2, 0.25) is 5.02 Å². The van der Waals surface area contributed by atoms with Crippen molar-refractivity contribution in [2.24, 2.45) is 0 Å². The highest BCUT2D eigenvalue weighted by Crippen LogP contribution is 2.32. The van der Waals surface area contributed by atoms with Gasteiger partial charge in [0, 0.05) is 30.8 Å². The third-order valence-corrected chi connectivity index (χ3v) is 5.38. The van der Waals surface area contributed by atoms with Gasteiger partial charge in [0.15, 0.2) is 0 Å². The van der Waals surface area contributed by atoms with Gasteiger partial charge in [0.1, 0.15) is 5.82 Å². The standard InChI is InChI=1S/C22H22ClN5O/c1-15-7-8-18(14-25-15)27-21-19(23)11-17(13-26-21)22(29)28-10-3-2-6-20(28)16-5-4-9-24-12-16/h4-5,7-9,11-14,20H,2-3,6,10H2,1H3,(H,26,27). The fraction of sp³-hybridized carbons (Fsp3) is 0.273. The first kappa shape index (κ1) is 19.3. The Morgan fingerprint density at radius 3 is 2.79 bits per heavy atom. The number of amides is 1. The molecule has 6 nitrogen and oxygen atoms in total. The van der Waals surface area contributed by atoms with Gasteiger partial charge >= 0.3 is 0 Å². The summed E-state index contributed by atoms with van der Waals surface area (Å²) < 4.78 is 0. The number of halogens is 1. The number of pyridine rings is 3. The molecule has 3 aromatic rings. The molecule has 0 radical (unpaired) electrons. The monoisotopic (exact) mass is 407 g/mol. The van der Waals surface area contributed by atoms with Crippen molar-refractivity contribution >= 4 is 29.0 Å². The quantitative estimate of drug-likeness (QED) is 0.662. The zero-order valence-electron chi connectivity index (χ0n) is 16.2. The molecule has 0 saturated carbocycles. The molecule has 1 N–H and O–H groups in total. The van der Waals surface area contributed by atoms with Crippen molar-refractivity contribution in [2.75, 3.05) is 11.9 Å². The molecule has 148 valence electrons. The highest BCUT2D eigenvalue weighted by atomic mass is 35.5. The molecule has 0 aromatic carbocycles. The first-order valence-electron chi connectivity index (χ1n) is 9.68. The number of hydrogen-bond donors (Lipinski definition) is 1. The predicted octanol–water partition coefficient (Wildman–Crippen LogP) is 4.94. The minimum atomic E-state index is -0.0588. The Balaban J connectivity index is 1.55. The third kappa shape index (κ3) is 4.38. The van der Waals surface area contributed by atoms with Crippen LogP contribution in [-0.2, 0) is 0 Å². The van der Waals surface area contributed by atoms with Gasteiger partial charge in [0.2, 0.25) is 0 Å². The summed E-state index contributed by atoms with van der Waals surface area (Å²) in [7, 11) is 0. The molecular formula is C22H22ClN5O. The Morgan fingerprint density at radius 1 is 1.17 bits per heavy atom. The highest BCUT2D eigenvalue weighted by Gasteiger charge is 2.29. The van der Waals surface area contributed by atoms with Gasteiger partial charge in [0.05, 0.1) is 28.5 Å². The second-order valence-electron chi connectivity index (χ2n) is 7.16. The summed E-state index contributed by atoms with van der Waals surface area (Å²) >= 11 is 6.42. The number of nitrogens with zero attached hydrogens (tertiary/aromatic N) is 4. The Hall–Kier alpha value is -2.99. The number of carbonyl (C=O) groups excluding carboxylic acids is 1. The number of rotatable bonds is 4. The number of anilines is 2. The average molecular weight is 408 g/mol. The lowest BCUT2D eigenvalue weighted by Crippen LogP contribution is -2.38. The largest absolute Gasteiger partial charge is 0.338 e. The van der Waals surface area contributed by atoms with E-state index in [4.69, 9.17) is 11.6 Å². The zero-order valence-corrected chi connectivity index (χ0v) is 16.9. The molecular weight excluding hydrogens is 386 g/mol. The van der Waals surface area contributed by atoms with Gasteiger partial charge in [-0.15, -0.1) is 0 Å². The number of piperidine rings is 1. The van der Waals surface area contributed by atoms with Gasteiger partial charge in [-0.3, -0.25) is 14.8 Å². The summed E-state index contributed by atoms with van der Waals surface area (Å²) in [6.45, 7) is 2.64. The maximum Gasteiger partial charge on any atom is 0.255 e. The second kappa shape index (κ2) is 8.57. The summed E-state index contributed by atoms with van der Waals surface area (Å²) in [6, 6.07) is 9.45. The Bertz CT molecular complexity index is 994. The SMILES string of the molecule is Cc1ccc(Nc2ncc(C(=O)N3CCCCC3c3cccnc3)cc2Cl)cn1. The fourth-order valence-corrected chi connectivity index (χ4v) is 3.80. The van der Waals surface area contributed by atoms with Crippen LogP contribution < -0.4 is 5.32 Å². The minimum absolute atomic E-state index is 0.0279. The number of aryl methyl sites for hydroxylation is 1. The van der Waals surface area contributed by atoms with Gasteiger partial charge in [-0.1, -0.05) is 17.7 Å². The summed E-state index contributed by atoms with van der Waals surface area (Å²) in [6.07, 6.45) is 9.89. The maximum atomic E-state index is 13.2. The van der Waals surface area contributed by atoms with E-state index < -0.39 is 0 Å². The second-order valence-corrected chi connectivity index (χ2v) is 7.57. The molecule has 1 aliphatic heterocycles. The van der Waals surface area contributed by atoms with Crippen LogP contribution in [0.15, 0.2) is 55.1 Å². The molecule has 1 aliphatic rings. The topological polar surface area (TPSA) is 71.0 Å². The summed E-state index contributed by atoms with van der Waals surface area (Å²) in [4.78, 5) is 28.0. The van der Waals surface area contributed by atoms with Crippen molar-refractivity contribution in [3.05, 3.63) is 77.0 Å². The van der Waals surface area contributed by atoms with Gasteiger partial charge in [0.25, 0.3) is 5.91 Å². The van der Waals surface area contributed by atoms with E-state index in [2.05, 4.69) is 20.3 Å². The van der Waals surface area contributed by atoms with Crippen LogP contribution in [0.25, 0.3) is 0 Å². The number of aromatic nitrogens is 3. The smallest absolute Gasteiger partial charge is 0.255 e. The van der Waals surface area contributed by atoms with Crippen molar-refractivity contribution in [3.63, 3.8) is 0 Å². The highest BCUT2D eigenvalue weighted by molar-refractivity contribution is 6.33. The van der Waals surface area contributed by atoms with Crippen LogP contribution in [0.4, 0.5) is 11.5 Å². The fourth-order valence-electron chi connectivity index (χ4n) is 3.59. The van der Waals surface area contributed by atoms with Crippen molar-refractivity contribution in [3.8, 4) is 0 Å². The van der Waals surface area contributed by atoms with Gasteiger partial charge in [-0.2, -0.15) is 0 Å². The lowest BCUT2D eigenvalue weighted by molar-refractivity contribution is 0.0611. The third-order valence-electron chi connectivity index (χ3n) is 5.10. The van der Waals surface area contributed by atoms with E-state index in [0.717, 1.165) is 36.2 Å². The molecule has 0 spiro atoms. The molecule has 1 atom stereocenters. The van der Waals surface area contributed by atoms with Crippen LogP contribution in [0, 0.1) is 6.92 Å². The first-order valence-corrected chi connectivity index (χ1v) is 10.1. The van der Waals surface area contributed by atoms with Crippen molar-refractivity contribution < 1.29 is 4.79 Å². The van der Waals surface area contributed by atoms with Gasteiger partial charge < -0.3 is 10.2 Å². The van der Waals surface area contributed by atoms with E-state index in [-0.39, 0.29) is 11.9 Å². The van der Waals surface area contributed by atoms with E-state index >= 15 is 0 Å². The normalized spacial score (nSPS) is 16.5. The zero-order chi connectivity index (χ0) is 20.2. The Labute approximate surface area is 175 Å². The number of nitrogens with one attached hydrogen (secondary N) is 1. The van der Waals surface area contributed by atoms with Crippen LogP contribution in [-0.4, -0.2) is 32.3 Å². The molecule has 1 saturated heterocycles. The molecule has 1 fully saturated rings.